The van der Waals surface area contributed by atoms with Gasteiger partial charge in [-0.3, -0.25) is 0 Å². The molecule has 0 fully saturated rings. The van der Waals surface area contributed by atoms with Crippen LogP contribution in [0, 0.1) is 11.7 Å². The van der Waals surface area contributed by atoms with E-state index in [0.717, 1.165) is 23.3 Å². The van der Waals surface area contributed by atoms with E-state index in [4.69, 9.17) is 5.73 Å². The molecular formula is C13H18FN3. The molecule has 0 amide bonds. The third-order valence-corrected chi connectivity index (χ3v) is 2.89. The second kappa shape index (κ2) is 4.84. The zero-order valence-electron chi connectivity index (χ0n) is 10.2. The maximum absolute atomic E-state index is 13.1. The van der Waals surface area contributed by atoms with Gasteiger partial charge in [0.1, 0.15) is 11.6 Å². The third kappa shape index (κ3) is 2.64. The number of imidazole rings is 1. The van der Waals surface area contributed by atoms with Crippen LogP contribution in [0.15, 0.2) is 18.2 Å². The summed E-state index contributed by atoms with van der Waals surface area (Å²) < 4.78 is 13.1. The van der Waals surface area contributed by atoms with Crippen molar-refractivity contribution < 1.29 is 4.39 Å². The van der Waals surface area contributed by atoms with Gasteiger partial charge >= 0.3 is 0 Å². The van der Waals surface area contributed by atoms with Crippen LogP contribution in [-0.2, 0) is 0 Å². The van der Waals surface area contributed by atoms with Crippen LogP contribution in [0.4, 0.5) is 4.39 Å². The first kappa shape index (κ1) is 12.0. The highest BCUT2D eigenvalue weighted by Crippen LogP contribution is 2.23. The molecule has 0 aliphatic carbocycles. The zero-order chi connectivity index (χ0) is 12.4. The van der Waals surface area contributed by atoms with E-state index < -0.39 is 0 Å². The van der Waals surface area contributed by atoms with Gasteiger partial charge in [0.05, 0.1) is 11.0 Å². The molecule has 0 radical (unpaired) electrons. The largest absolute Gasteiger partial charge is 0.342 e. The van der Waals surface area contributed by atoms with Crippen LogP contribution in [-0.4, -0.2) is 16.5 Å². The van der Waals surface area contributed by atoms with Gasteiger partial charge in [-0.05, 0) is 30.5 Å². The van der Waals surface area contributed by atoms with Gasteiger partial charge in [-0.1, -0.05) is 13.8 Å². The number of halogens is 1. The fraction of sp³-hybridized carbons (Fsp3) is 0.462. The van der Waals surface area contributed by atoms with Crippen molar-refractivity contribution in [3.8, 4) is 0 Å². The molecule has 0 bridgehead atoms. The fourth-order valence-corrected chi connectivity index (χ4v) is 2.08. The number of nitrogens with one attached hydrogen (secondary N) is 1. The van der Waals surface area contributed by atoms with E-state index in [0.29, 0.717) is 12.5 Å². The molecule has 1 unspecified atom stereocenters. The Morgan fingerprint density at radius 2 is 2.18 bits per heavy atom. The van der Waals surface area contributed by atoms with E-state index in [-0.39, 0.29) is 11.7 Å². The highest BCUT2D eigenvalue weighted by Gasteiger charge is 2.15. The average Bonchev–Trinajstić information content (AvgIpc) is 2.68. The summed E-state index contributed by atoms with van der Waals surface area (Å²) in [5, 5.41) is 0. The average molecular weight is 235 g/mol. The molecule has 0 aliphatic heterocycles. The van der Waals surface area contributed by atoms with Crippen LogP contribution in [0.25, 0.3) is 11.0 Å². The number of nitrogens with zero attached hydrogens (tertiary/aromatic N) is 1. The maximum atomic E-state index is 13.1. The number of aromatic amines is 1. The fourth-order valence-electron chi connectivity index (χ4n) is 2.08. The molecule has 1 aromatic carbocycles. The summed E-state index contributed by atoms with van der Waals surface area (Å²) in [5.74, 6) is 1.39. The summed E-state index contributed by atoms with van der Waals surface area (Å²) in [6.07, 6.45) is 0.985. The molecule has 3 nitrogen and oxygen atoms in total. The second-order valence-electron chi connectivity index (χ2n) is 4.85. The van der Waals surface area contributed by atoms with Crippen LogP contribution in [0.3, 0.4) is 0 Å². The molecule has 0 saturated carbocycles. The van der Waals surface area contributed by atoms with Crippen LogP contribution in [0.5, 0.6) is 0 Å². The van der Waals surface area contributed by atoms with Gasteiger partial charge in [0.15, 0.2) is 0 Å². The predicted octanol–water partition coefficient (Wildman–Crippen LogP) is 2.79. The van der Waals surface area contributed by atoms with Crippen LogP contribution < -0.4 is 5.73 Å². The third-order valence-electron chi connectivity index (χ3n) is 2.89. The lowest BCUT2D eigenvalue weighted by molar-refractivity contribution is 0.491. The maximum Gasteiger partial charge on any atom is 0.125 e. The van der Waals surface area contributed by atoms with Crippen LogP contribution in [0.2, 0.25) is 0 Å². The minimum Gasteiger partial charge on any atom is -0.342 e. The predicted molar refractivity (Wildman–Crippen MR) is 67.3 cm³/mol. The SMILES string of the molecule is CC(C)CC(CN)c1nc2ccc(F)cc2[nH]1. The smallest absolute Gasteiger partial charge is 0.125 e. The van der Waals surface area contributed by atoms with Gasteiger partial charge in [-0.15, -0.1) is 0 Å². The van der Waals surface area contributed by atoms with Crippen LogP contribution >= 0.6 is 0 Å². The standard InChI is InChI=1S/C13H18FN3/c1-8(2)5-9(7-15)13-16-11-4-3-10(14)6-12(11)17-13/h3-4,6,8-9H,5,7,15H2,1-2H3,(H,16,17). The second-order valence-corrected chi connectivity index (χ2v) is 4.85. The van der Waals surface area contributed by atoms with Gasteiger partial charge < -0.3 is 10.7 Å². The van der Waals surface area contributed by atoms with Crippen molar-refractivity contribution in [3.63, 3.8) is 0 Å². The van der Waals surface area contributed by atoms with Crippen molar-refractivity contribution in [1.82, 2.24) is 9.97 Å². The molecule has 1 atom stereocenters. The van der Waals surface area contributed by atoms with Gasteiger partial charge in [0.25, 0.3) is 0 Å². The normalized spacial score (nSPS) is 13.5. The number of H-pyrrole nitrogens is 1. The summed E-state index contributed by atoms with van der Waals surface area (Å²) >= 11 is 0. The molecule has 2 aromatic rings. The number of nitrogens with two attached hydrogens (primary N) is 1. The molecule has 1 heterocycles. The molecule has 0 saturated heterocycles. The Balaban J connectivity index is 2.34. The highest BCUT2D eigenvalue weighted by molar-refractivity contribution is 5.75. The van der Waals surface area contributed by atoms with Crippen molar-refractivity contribution in [1.29, 1.82) is 0 Å². The minimum absolute atomic E-state index is 0.213. The lowest BCUT2D eigenvalue weighted by Crippen LogP contribution is -2.15. The van der Waals surface area contributed by atoms with E-state index in [1.54, 1.807) is 6.07 Å². The zero-order valence-corrected chi connectivity index (χ0v) is 10.2. The van der Waals surface area contributed by atoms with E-state index in [1.165, 1.54) is 12.1 Å². The number of hydrogen-bond acceptors (Lipinski definition) is 2. The topological polar surface area (TPSA) is 54.7 Å². The summed E-state index contributed by atoms with van der Waals surface area (Å²) in [6, 6.07) is 4.58. The Kier molecular flexibility index (Phi) is 3.43. The molecule has 17 heavy (non-hydrogen) atoms. The molecule has 0 aliphatic rings. The Morgan fingerprint density at radius 1 is 1.41 bits per heavy atom. The van der Waals surface area contributed by atoms with Crippen LogP contribution in [0.1, 0.15) is 32.0 Å². The molecule has 2 rings (SSSR count). The van der Waals surface area contributed by atoms with E-state index in [2.05, 4.69) is 23.8 Å². The Morgan fingerprint density at radius 3 is 2.82 bits per heavy atom. The van der Waals surface area contributed by atoms with Gasteiger partial charge in [0.2, 0.25) is 0 Å². The van der Waals surface area contributed by atoms with Gasteiger partial charge in [-0.2, -0.15) is 0 Å². The Hall–Kier alpha value is -1.42. The lowest BCUT2D eigenvalue weighted by Gasteiger charge is -2.14. The summed E-state index contributed by atoms with van der Waals surface area (Å²) in [7, 11) is 0. The van der Waals surface area contributed by atoms with Crippen molar-refractivity contribution in [3.05, 3.63) is 29.8 Å². The lowest BCUT2D eigenvalue weighted by atomic mass is 9.97. The van der Waals surface area contributed by atoms with Gasteiger partial charge in [0, 0.05) is 12.5 Å². The molecule has 3 N–H and O–H groups in total. The molecule has 4 heteroatoms. The van der Waals surface area contributed by atoms with Crippen molar-refractivity contribution >= 4 is 11.0 Å². The molecule has 0 spiro atoms. The van der Waals surface area contributed by atoms with E-state index in [1.807, 2.05) is 0 Å². The van der Waals surface area contributed by atoms with Crippen molar-refractivity contribution in [2.24, 2.45) is 11.7 Å². The van der Waals surface area contributed by atoms with Crippen molar-refractivity contribution in [2.45, 2.75) is 26.2 Å². The first-order valence-corrected chi connectivity index (χ1v) is 5.95. The molecule has 1 aromatic heterocycles. The Labute approximate surface area is 100 Å². The number of benzene rings is 1. The summed E-state index contributed by atoms with van der Waals surface area (Å²) in [6.45, 7) is 4.87. The molecular weight excluding hydrogens is 217 g/mol. The quantitative estimate of drug-likeness (QED) is 0.856. The van der Waals surface area contributed by atoms with Gasteiger partial charge in [-0.25, -0.2) is 9.37 Å². The summed E-state index contributed by atoms with van der Waals surface area (Å²) in [4.78, 5) is 7.64. The number of hydrogen-bond donors (Lipinski definition) is 2. The van der Waals surface area contributed by atoms with E-state index >= 15 is 0 Å². The highest BCUT2D eigenvalue weighted by atomic mass is 19.1. The van der Waals surface area contributed by atoms with E-state index in [9.17, 15) is 4.39 Å². The summed E-state index contributed by atoms with van der Waals surface area (Å²) in [5.41, 5.74) is 7.30. The molecule has 92 valence electrons. The first-order chi connectivity index (χ1) is 8.10. The minimum atomic E-state index is -0.249. The van der Waals surface area contributed by atoms with Crippen molar-refractivity contribution in [2.75, 3.05) is 6.54 Å². The number of rotatable bonds is 4. The first-order valence-electron chi connectivity index (χ1n) is 5.95. The Bertz CT molecular complexity index is 504. The monoisotopic (exact) mass is 235 g/mol. The number of aromatic nitrogens is 2. The number of fused-ring (bicyclic) bond motifs is 1.